The van der Waals surface area contributed by atoms with Crippen molar-refractivity contribution in [3.8, 4) is 0 Å². The zero-order valence-electron chi connectivity index (χ0n) is 13.1. The van der Waals surface area contributed by atoms with Gasteiger partial charge in [-0.05, 0) is 37.1 Å². The zero-order chi connectivity index (χ0) is 16.3. The third-order valence-corrected chi connectivity index (χ3v) is 4.61. The molecular formula is C17H20ClN3O2. The van der Waals surface area contributed by atoms with E-state index in [2.05, 4.69) is 15.5 Å². The summed E-state index contributed by atoms with van der Waals surface area (Å²) < 4.78 is 5.46. The lowest BCUT2D eigenvalue weighted by molar-refractivity contribution is 0.0824. The standard InChI is InChI=1S/C17H20ClN3O2/c1-2-14-19-16(23-21-14)17(10-4-3-5-11-17)20-15(22)12-6-8-13(18)9-7-12/h6-9H,2-5,10-11H2,1H3,(H,20,22). The molecule has 122 valence electrons. The number of hydrogen-bond donors (Lipinski definition) is 1. The highest BCUT2D eigenvalue weighted by molar-refractivity contribution is 6.30. The van der Waals surface area contributed by atoms with Gasteiger partial charge in [0.1, 0.15) is 5.54 Å². The van der Waals surface area contributed by atoms with Crippen molar-refractivity contribution in [2.45, 2.75) is 51.0 Å². The minimum Gasteiger partial charge on any atom is -0.338 e. The average Bonchev–Trinajstić information content (AvgIpc) is 3.06. The van der Waals surface area contributed by atoms with Gasteiger partial charge in [0.15, 0.2) is 5.82 Å². The van der Waals surface area contributed by atoms with Crippen LogP contribution in [0.1, 0.15) is 61.1 Å². The van der Waals surface area contributed by atoms with Gasteiger partial charge in [-0.2, -0.15) is 4.98 Å². The minimum absolute atomic E-state index is 0.139. The van der Waals surface area contributed by atoms with E-state index >= 15 is 0 Å². The van der Waals surface area contributed by atoms with Gasteiger partial charge in [-0.3, -0.25) is 4.79 Å². The van der Waals surface area contributed by atoms with E-state index in [1.165, 1.54) is 0 Å². The van der Waals surface area contributed by atoms with E-state index in [1.807, 2.05) is 6.92 Å². The summed E-state index contributed by atoms with van der Waals surface area (Å²) in [4.78, 5) is 17.1. The number of nitrogens with zero attached hydrogens (tertiary/aromatic N) is 2. The van der Waals surface area contributed by atoms with Crippen molar-refractivity contribution >= 4 is 17.5 Å². The Kier molecular flexibility index (Phi) is 4.66. The number of aromatic nitrogens is 2. The molecule has 0 saturated heterocycles. The zero-order valence-corrected chi connectivity index (χ0v) is 13.9. The lowest BCUT2D eigenvalue weighted by atomic mass is 9.81. The van der Waals surface area contributed by atoms with Crippen LogP contribution in [0.5, 0.6) is 0 Å². The molecule has 0 spiro atoms. The van der Waals surface area contributed by atoms with E-state index in [4.69, 9.17) is 16.1 Å². The number of rotatable bonds is 4. The molecule has 1 amide bonds. The molecule has 1 aromatic heterocycles. The highest BCUT2D eigenvalue weighted by Gasteiger charge is 2.40. The second-order valence-electron chi connectivity index (χ2n) is 5.97. The molecular weight excluding hydrogens is 314 g/mol. The third-order valence-electron chi connectivity index (χ3n) is 4.36. The number of aryl methyl sites for hydroxylation is 1. The Hall–Kier alpha value is -1.88. The number of halogens is 1. The highest BCUT2D eigenvalue weighted by atomic mass is 35.5. The van der Waals surface area contributed by atoms with Crippen LogP contribution in [-0.2, 0) is 12.0 Å². The fourth-order valence-electron chi connectivity index (χ4n) is 3.03. The summed E-state index contributed by atoms with van der Waals surface area (Å²) in [5.41, 5.74) is 0.0182. The van der Waals surface area contributed by atoms with Gasteiger partial charge >= 0.3 is 0 Å². The van der Waals surface area contributed by atoms with Gasteiger partial charge in [0.2, 0.25) is 0 Å². The number of carbonyl (C=O) groups is 1. The predicted molar refractivity (Wildman–Crippen MR) is 87.4 cm³/mol. The maximum atomic E-state index is 12.6. The number of hydrogen-bond acceptors (Lipinski definition) is 4. The van der Waals surface area contributed by atoms with Gasteiger partial charge in [0.25, 0.3) is 11.8 Å². The van der Waals surface area contributed by atoms with E-state index in [1.54, 1.807) is 24.3 Å². The first kappa shape index (κ1) is 16.0. The van der Waals surface area contributed by atoms with Gasteiger partial charge in [-0.15, -0.1) is 0 Å². The summed E-state index contributed by atoms with van der Waals surface area (Å²) >= 11 is 5.89. The van der Waals surface area contributed by atoms with E-state index < -0.39 is 5.54 Å². The Labute approximate surface area is 140 Å². The Morgan fingerprint density at radius 3 is 2.57 bits per heavy atom. The first-order valence-electron chi connectivity index (χ1n) is 8.04. The second kappa shape index (κ2) is 6.71. The van der Waals surface area contributed by atoms with Gasteiger partial charge in [0.05, 0.1) is 0 Å². The number of carbonyl (C=O) groups excluding carboxylic acids is 1. The molecule has 0 unspecified atom stereocenters. The molecule has 5 nitrogen and oxygen atoms in total. The molecule has 0 aliphatic heterocycles. The van der Waals surface area contributed by atoms with Crippen molar-refractivity contribution < 1.29 is 9.32 Å². The third kappa shape index (κ3) is 3.39. The molecule has 1 fully saturated rings. The molecule has 2 aromatic rings. The summed E-state index contributed by atoms with van der Waals surface area (Å²) in [5.74, 6) is 1.06. The Morgan fingerprint density at radius 2 is 1.96 bits per heavy atom. The summed E-state index contributed by atoms with van der Waals surface area (Å²) in [6.07, 6.45) is 5.57. The van der Waals surface area contributed by atoms with Crippen LogP contribution < -0.4 is 5.32 Å². The van der Waals surface area contributed by atoms with Crippen molar-refractivity contribution in [3.63, 3.8) is 0 Å². The van der Waals surface area contributed by atoms with Crippen molar-refractivity contribution in [3.05, 3.63) is 46.6 Å². The van der Waals surface area contributed by atoms with Gasteiger partial charge in [-0.25, -0.2) is 0 Å². The van der Waals surface area contributed by atoms with Gasteiger partial charge in [0, 0.05) is 17.0 Å². The first-order chi connectivity index (χ1) is 11.1. The minimum atomic E-state index is -0.560. The Morgan fingerprint density at radius 1 is 1.26 bits per heavy atom. The van der Waals surface area contributed by atoms with Crippen LogP contribution in [0, 0.1) is 0 Å². The summed E-state index contributed by atoms with van der Waals surface area (Å²) in [6.45, 7) is 1.98. The topological polar surface area (TPSA) is 68.0 Å². The molecule has 0 bridgehead atoms. The molecule has 1 N–H and O–H groups in total. The van der Waals surface area contributed by atoms with Gasteiger partial charge in [-0.1, -0.05) is 42.9 Å². The monoisotopic (exact) mass is 333 g/mol. The molecule has 1 aliphatic carbocycles. The average molecular weight is 334 g/mol. The van der Waals surface area contributed by atoms with Crippen molar-refractivity contribution in [2.24, 2.45) is 0 Å². The normalized spacial score (nSPS) is 17.0. The molecule has 1 heterocycles. The van der Waals surface area contributed by atoms with Crippen LogP contribution in [0.4, 0.5) is 0 Å². The van der Waals surface area contributed by atoms with Crippen LogP contribution in [0.3, 0.4) is 0 Å². The number of nitrogens with one attached hydrogen (secondary N) is 1. The van der Waals surface area contributed by atoms with E-state index in [0.29, 0.717) is 28.7 Å². The number of amides is 1. The largest absolute Gasteiger partial charge is 0.338 e. The maximum absolute atomic E-state index is 12.6. The van der Waals surface area contributed by atoms with Crippen LogP contribution >= 0.6 is 11.6 Å². The lowest BCUT2D eigenvalue weighted by Crippen LogP contribution is -2.47. The first-order valence-corrected chi connectivity index (χ1v) is 8.42. The molecule has 1 aromatic carbocycles. The maximum Gasteiger partial charge on any atom is 0.252 e. The highest BCUT2D eigenvalue weighted by Crippen LogP contribution is 2.36. The van der Waals surface area contributed by atoms with Crippen LogP contribution in [0.25, 0.3) is 0 Å². The summed E-state index contributed by atoms with van der Waals surface area (Å²) in [7, 11) is 0. The fraction of sp³-hybridized carbons (Fsp3) is 0.471. The molecule has 3 rings (SSSR count). The van der Waals surface area contributed by atoms with E-state index in [-0.39, 0.29) is 5.91 Å². The lowest BCUT2D eigenvalue weighted by Gasteiger charge is -2.34. The molecule has 0 radical (unpaired) electrons. The SMILES string of the molecule is CCc1noc(C2(NC(=O)c3ccc(Cl)cc3)CCCCC2)n1. The van der Waals surface area contributed by atoms with Crippen molar-refractivity contribution in [1.29, 1.82) is 0 Å². The van der Waals surface area contributed by atoms with Crippen LogP contribution in [0.2, 0.25) is 5.02 Å². The Bertz CT molecular complexity index is 675. The molecule has 1 saturated carbocycles. The van der Waals surface area contributed by atoms with Crippen molar-refractivity contribution in [2.75, 3.05) is 0 Å². The second-order valence-corrected chi connectivity index (χ2v) is 6.41. The van der Waals surface area contributed by atoms with Crippen LogP contribution in [0.15, 0.2) is 28.8 Å². The summed E-state index contributed by atoms with van der Waals surface area (Å²) in [5, 5.41) is 7.74. The number of benzene rings is 1. The quantitative estimate of drug-likeness (QED) is 0.922. The van der Waals surface area contributed by atoms with Crippen LogP contribution in [-0.4, -0.2) is 16.0 Å². The smallest absolute Gasteiger partial charge is 0.252 e. The van der Waals surface area contributed by atoms with E-state index in [9.17, 15) is 4.79 Å². The predicted octanol–water partition coefficient (Wildman–Crippen LogP) is 3.87. The molecule has 6 heteroatoms. The molecule has 0 atom stereocenters. The van der Waals surface area contributed by atoms with Gasteiger partial charge < -0.3 is 9.84 Å². The van der Waals surface area contributed by atoms with E-state index in [0.717, 1.165) is 32.1 Å². The fourth-order valence-corrected chi connectivity index (χ4v) is 3.16. The summed E-state index contributed by atoms with van der Waals surface area (Å²) in [6, 6.07) is 6.87. The molecule has 1 aliphatic rings. The van der Waals surface area contributed by atoms with Crippen molar-refractivity contribution in [1.82, 2.24) is 15.5 Å². The Balaban J connectivity index is 1.86. The molecule has 23 heavy (non-hydrogen) atoms.